The summed E-state index contributed by atoms with van der Waals surface area (Å²) in [6.07, 6.45) is 17.7. The van der Waals surface area contributed by atoms with E-state index < -0.39 is 0 Å². The predicted molar refractivity (Wildman–Crippen MR) is 69.9 cm³/mol. The topological polar surface area (TPSA) is 29.1 Å². The van der Waals surface area contributed by atoms with E-state index in [-0.39, 0.29) is 5.91 Å². The Bertz CT molecular complexity index is 285. The molecule has 0 spiro atoms. The minimum atomic E-state index is -0.100. The maximum atomic E-state index is 11.2. The molecule has 0 rings (SSSR count). The number of hydrogen-bond donors (Lipinski definition) is 1. The van der Waals surface area contributed by atoms with Gasteiger partial charge in [0, 0.05) is 12.3 Å². The first-order valence-electron chi connectivity index (χ1n) is 5.76. The Balaban J connectivity index is 3.74. The fraction of sp³-hybridized carbons (Fsp3) is 0.357. The average molecular weight is 219 g/mol. The molecular weight excluding hydrogens is 198 g/mol. The van der Waals surface area contributed by atoms with Crippen molar-refractivity contribution in [1.82, 2.24) is 5.32 Å². The molecule has 0 aromatic heterocycles. The summed E-state index contributed by atoms with van der Waals surface area (Å²) in [7, 11) is 0. The van der Waals surface area contributed by atoms with Crippen molar-refractivity contribution < 1.29 is 4.79 Å². The minimum absolute atomic E-state index is 0.100. The van der Waals surface area contributed by atoms with E-state index in [1.165, 1.54) is 6.08 Å². The van der Waals surface area contributed by atoms with Crippen molar-refractivity contribution in [2.45, 2.75) is 33.1 Å². The SMILES string of the molecule is CC\C=C/C=C\C=C/C(=O)N/C=C/CCC. The molecule has 0 fully saturated rings. The van der Waals surface area contributed by atoms with Gasteiger partial charge in [0.1, 0.15) is 0 Å². The van der Waals surface area contributed by atoms with Crippen molar-refractivity contribution in [3.63, 3.8) is 0 Å². The first kappa shape index (κ1) is 14.4. The maximum absolute atomic E-state index is 11.2. The van der Waals surface area contributed by atoms with Crippen LogP contribution in [0.4, 0.5) is 0 Å². The average Bonchev–Trinajstić information content (AvgIpc) is 2.29. The zero-order chi connectivity index (χ0) is 12.1. The summed E-state index contributed by atoms with van der Waals surface area (Å²) in [5, 5.41) is 2.66. The molecule has 2 heteroatoms. The number of rotatable bonds is 7. The number of hydrogen-bond acceptors (Lipinski definition) is 1. The van der Waals surface area contributed by atoms with Crippen LogP contribution in [-0.4, -0.2) is 5.91 Å². The van der Waals surface area contributed by atoms with Gasteiger partial charge in [-0.15, -0.1) is 0 Å². The highest BCUT2D eigenvalue weighted by atomic mass is 16.1. The molecule has 0 radical (unpaired) electrons. The molecule has 0 saturated heterocycles. The molecule has 0 atom stereocenters. The van der Waals surface area contributed by atoms with Crippen molar-refractivity contribution >= 4 is 5.91 Å². The third-order valence-corrected chi connectivity index (χ3v) is 1.75. The quantitative estimate of drug-likeness (QED) is 0.515. The second kappa shape index (κ2) is 11.5. The van der Waals surface area contributed by atoms with E-state index in [1.54, 1.807) is 12.3 Å². The summed E-state index contributed by atoms with van der Waals surface area (Å²) in [4.78, 5) is 11.2. The lowest BCUT2D eigenvalue weighted by atomic mass is 10.3. The molecule has 0 unspecified atom stereocenters. The maximum Gasteiger partial charge on any atom is 0.247 e. The Morgan fingerprint density at radius 3 is 2.50 bits per heavy atom. The second-order valence-electron chi connectivity index (χ2n) is 3.28. The molecular formula is C14H21NO. The van der Waals surface area contributed by atoms with E-state index in [4.69, 9.17) is 0 Å². The lowest BCUT2D eigenvalue weighted by molar-refractivity contribution is -0.115. The van der Waals surface area contributed by atoms with Crippen LogP contribution in [0, 0.1) is 0 Å². The van der Waals surface area contributed by atoms with E-state index in [9.17, 15) is 4.79 Å². The van der Waals surface area contributed by atoms with Gasteiger partial charge in [-0.25, -0.2) is 0 Å². The highest BCUT2D eigenvalue weighted by molar-refractivity contribution is 5.88. The van der Waals surface area contributed by atoms with Crippen molar-refractivity contribution in [2.24, 2.45) is 0 Å². The molecule has 0 aromatic carbocycles. The van der Waals surface area contributed by atoms with Crippen LogP contribution in [0.15, 0.2) is 48.7 Å². The van der Waals surface area contributed by atoms with Crippen LogP contribution >= 0.6 is 0 Å². The van der Waals surface area contributed by atoms with Gasteiger partial charge in [-0.05, 0) is 12.8 Å². The Morgan fingerprint density at radius 1 is 1.06 bits per heavy atom. The Kier molecular flexibility index (Phi) is 10.4. The van der Waals surface area contributed by atoms with Crippen LogP contribution in [0.2, 0.25) is 0 Å². The zero-order valence-electron chi connectivity index (χ0n) is 10.1. The van der Waals surface area contributed by atoms with Crippen LogP contribution in [0.1, 0.15) is 33.1 Å². The molecule has 1 N–H and O–H groups in total. The molecule has 0 aliphatic carbocycles. The minimum Gasteiger partial charge on any atom is -0.329 e. The summed E-state index contributed by atoms with van der Waals surface area (Å²) in [5.41, 5.74) is 0. The fourth-order valence-electron chi connectivity index (χ4n) is 0.925. The third-order valence-electron chi connectivity index (χ3n) is 1.75. The summed E-state index contributed by atoms with van der Waals surface area (Å²) in [6.45, 7) is 4.18. The fourth-order valence-corrected chi connectivity index (χ4v) is 0.925. The summed E-state index contributed by atoms with van der Waals surface area (Å²) in [6, 6.07) is 0. The number of carbonyl (C=O) groups is 1. The Hall–Kier alpha value is -1.57. The summed E-state index contributed by atoms with van der Waals surface area (Å²) in [5.74, 6) is -0.100. The molecule has 0 saturated carbocycles. The standard InChI is InChI=1S/C14H21NO/c1-3-5-7-8-9-10-12-14(16)15-13-11-6-4-2/h5,7-13H,3-4,6H2,1-2H3,(H,15,16)/b7-5-,9-8-,12-10-,13-11+. The van der Waals surface area contributed by atoms with Gasteiger partial charge in [-0.3, -0.25) is 4.79 Å². The highest BCUT2D eigenvalue weighted by Gasteiger charge is 1.86. The molecule has 0 bridgehead atoms. The van der Waals surface area contributed by atoms with E-state index >= 15 is 0 Å². The largest absolute Gasteiger partial charge is 0.329 e. The number of unbranched alkanes of at least 4 members (excludes halogenated alkanes) is 1. The first-order valence-corrected chi connectivity index (χ1v) is 5.76. The second-order valence-corrected chi connectivity index (χ2v) is 3.28. The molecule has 88 valence electrons. The van der Waals surface area contributed by atoms with Gasteiger partial charge in [0.15, 0.2) is 0 Å². The summed E-state index contributed by atoms with van der Waals surface area (Å²) >= 11 is 0. The van der Waals surface area contributed by atoms with Crippen molar-refractivity contribution in [3.05, 3.63) is 48.7 Å². The van der Waals surface area contributed by atoms with Gasteiger partial charge in [0.05, 0.1) is 0 Å². The number of allylic oxidation sites excluding steroid dienone is 6. The van der Waals surface area contributed by atoms with Crippen molar-refractivity contribution in [2.75, 3.05) is 0 Å². The van der Waals surface area contributed by atoms with E-state index in [0.717, 1.165) is 19.3 Å². The van der Waals surface area contributed by atoms with Gasteiger partial charge < -0.3 is 5.32 Å². The first-order chi connectivity index (χ1) is 7.81. The highest BCUT2D eigenvalue weighted by Crippen LogP contribution is 1.87. The van der Waals surface area contributed by atoms with Gasteiger partial charge in [0.2, 0.25) is 5.91 Å². The lowest BCUT2D eigenvalue weighted by Gasteiger charge is -1.91. The van der Waals surface area contributed by atoms with E-state index in [1.807, 2.05) is 24.3 Å². The van der Waals surface area contributed by atoms with Gasteiger partial charge >= 0.3 is 0 Å². The Labute approximate surface area is 98.4 Å². The molecule has 16 heavy (non-hydrogen) atoms. The number of amides is 1. The molecule has 0 heterocycles. The Morgan fingerprint density at radius 2 is 1.81 bits per heavy atom. The van der Waals surface area contributed by atoms with E-state index in [2.05, 4.69) is 25.2 Å². The van der Waals surface area contributed by atoms with Gasteiger partial charge in [-0.1, -0.05) is 56.7 Å². The summed E-state index contributed by atoms with van der Waals surface area (Å²) < 4.78 is 0. The van der Waals surface area contributed by atoms with Crippen LogP contribution in [-0.2, 0) is 4.79 Å². The predicted octanol–water partition coefficient (Wildman–Crippen LogP) is 3.50. The van der Waals surface area contributed by atoms with Crippen LogP contribution in [0.25, 0.3) is 0 Å². The lowest BCUT2D eigenvalue weighted by Crippen LogP contribution is -2.13. The van der Waals surface area contributed by atoms with Crippen LogP contribution < -0.4 is 5.32 Å². The van der Waals surface area contributed by atoms with Crippen molar-refractivity contribution in [1.29, 1.82) is 0 Å². The van der Waals surface area contributed by atoms with Crippen molar-refractivity contribution in [3.8, 4) is 0 Å². The zero-order valence-corrected chi connectivity index (χ0v) is 10.1. The van der Waals surface area contributed by atoms with Gasteiger partial charge in [-0.2, -0.15) is 0 Å². The normalized spacial score (nSPS) is 12.4. The molecule has 0 aliphatic rings. The number of carbonyl (C=O) groups excluding carboxylic acids is 1. The van der Waals surface area contributed by atoms with Crippen LogP contribution in [0.5, 0.6) is 0 Å². The van der Waals surface area contributed by atoms with Crippen LogP contribution in [0.3, 0.4) is 0 Å². The monoisotopic (exact) mass is 219 g/mol. The molecule has 0 aromatic rings. The third kappa shape index (κ3) is 10.5. The van der Waals surface area contributed by atoms with E-state index in [0.29, 0.717) is 0 Å². The van der Waals surface area contributed by atoms with Gasteiger partial charge in [0.25, 0.3) is 0 Å². The number of nitrogens with one attached hydrogen (secondary N) is 1. The molecule has 2 nitrogen and oxygen atoms in total. The molecule has 0 aliphatic heterocycles. The molecule has 1 amide bonds. The smallest absolute Gasteiger partial charge is 0.247 e.